The van der Waals surface area contributed by atoms with Gasteiger partial charge in [0.15, 0.2) is 6.61 Å². The van der Waals surface area contributed by atoms with E-state index in [1.54, 1.807) is 6.92 Å². The second kappa shape index (κ2) is 2.68. The number of hydrogen-bond acceptors (Lipinski definition) is 6. The monoisotopic (exact) mass is 184 g/mol. The first-order valence-electron chi connectivity index (χ1n) is 2.94. The van der Waals surface area contributed by atoms with Gasteiger partial charge in [-0.05, 0) is 6.92 Å². The van der Waals surface area contributed by atoms with E-state index in [9.17, 15) is 8.42 Å². The van der Waals surface area contributed by atoms with Crippen molar-refractivity contribution in [2.24, 2.45) is 0 Å². The van der Waals surface area contributed by atoms with E-state index in [4.69, 9.17) is 5.11 Å². The Morgan fingerprint density at radius 1 is 1.73 bits per heavy atom. The van der Waals surface area contributed by atoms with E-state index in [2.05, 4.69) is 13.1 Å². The summed E-state index contributed by atoms with van der Waals surface area (Å²) in [5.41, 5.74) is 0. The fourth-order valence-electron chi connectivity index (χ4n) is 0.645. The van der Waals surface area contributed by atoms with E-state index in [0.29, 0.717) is 0 Å². The van der Waals surface area contributed by atoms with Crippen LogP contribution in [0.25, 0.3) is 0 Å². The molecule has 0 saturated carbocycles. The van der Waals surface area contributed by atoms with Crippen molar-refractivity contribution in [3.63, 3.8) is 0 Å². The first kappa shape index (κ1) is 8.88. The van der Waals surface area contributed by atoms with E-state index < -0.39 is 23.0 Å². The molecule has 1 atom stereocenters. The topological polar surface area (TPSA) is 82.1 Å². The number of aliphatic hydroxyl groups is 1. The Morgan fingerprint density at radius 2 is 2.36 bits per heavy atom. The maximum absolute atomic E-state index is 10.4. The molecule has 0 aliphatic carbocycles. The van der Waals surface area contributed by atoms with Gasteiger partial charge in [0.25, 0.3) is 0 Å². The van der Waals surface area contributed by atoms with Gasteiger partial charge in [0.05, 0.1) is 0 Å². The summed E-state index contributed by atoms with van der Waals surface area (Å²) in [6.07, 6.45) is 0. The van der Waals surface area contributed by atoms with Gasteiger partial charge in [0.2, 0.25) is 0 Å². The Bertz CT molecular complexity index is 233. The molecule has 1 N–H and O–H groups in total. The summed E-state index contributed by atoms with van der Waals surface area (Å²) in [4.78, 5) is 0. The third-order valence-corrected chi connectivity index (χ3v) is 1.86. The molecule has 6 nitrogen and oxygen atoms in total. The molecule has 1 fully saturated rings. The van der Waals surface area contributed by atoms with Gasteiger partial charge in [-0.2, -0.15) is 12.6 Å². The van der Waals surface area contributed by atoms with Crippen LogP contribution in [0.15, 0.2) is 0 Å². The molecule has 0 amide bonds. The Labute approximate surface area is 64.0 Å². The molecule has 66 valence electrons. The highest BCUT2D eigenvalue weighted by atomic mass is 32.3. The summed E-state index contributed by atoms with van der Waals surface area (Å²) in [7, 11) is -4.05. The summed E-state index contributed by atoms with van der Waals surface area (Å²) < 4.78 is 33.6. The Morgan fingerprint density at radius 3 is 2.73 bits per heavy atom. The van der Waals surface area contributed by atoms with Crippen LogP contribution >= 0.6 is 0 Å². The molecule has 1 aliphatic heterocycles. The molecule has 0 aromatic rings. The number of rotatable bonds is 2. The molecule has 1 aliphatic rings. The molecule has 0 bridgehead atoms. The van der Waals surface area contributed by atoms with Gasteiger partial charge in [0.1, 0.15) is 0 Å². The SMILES string of the molecule is CCOC1(O)COS(=O)(=O)O1. The first-order chi connectivity index (χ1) is 4.97. The van der Waals surface area contributed by atoms with Crippen molar-refractivity contribution in [2.45, 2.75) is 12.9 Å². The van der Waals surface area contributed by atoms with E-state index in [1.807, 2.05) is 0 Å². The quantitative estimate of drug-likeness (QED) is 0.552. The predicted molar refractivity (Wildman–Crippen MR) is 32.5 cm³/mol. The highest BCUT2D eigenvalue weighted by Crippen LogP contribution is 2.22. The van der Waals surface area contributed by atoms with E-state index >= 15 is 0 Å². The van der Waals surface area contributed by atoms with Crippen LogP contribution in [0.3, 0.4) is 0 Å². The van der Waals surface area contributed by atoms with Crippen LogP contribution in [0.5, 0.6) is 0 Å². The molecule has 0 aromatic heterocycles. The van der Waals surface area contributed by atoms with Crippen LogP contribution in [0, 0.1) is 0 Å². The standard InChI is InChI=1S/C4H8O6S/c1-2-8-4(5)3-9-11(6,7)10-4/h5H,2-3H2,1H3. The Kier molecular flexibility index (Phi) is 2.17. The maximum Gasteiger partial charge on any atom is 0.404 e. The minimum absolute atomic E-state index is 0.134. The minimum Gasteiger partial charge on any atom is -0.341 e. The van der Waals surface area contributed by atoms with Gasteiger partial charge in [-0.15, -0.1) is 0 Å². The third kappa shape index (κ3) is 2.11. The maximum atomic E-state index is 10.4. The van der Waals surface area contributed by atoms with Crippen LogP contribution in [0.1, 0.15) is 6.92 Å². The van der Waals surface area contributed by atoms with Crippen LogP contribution in [0.4, 0.5) is 0 Å². The van der Waals surface area contributed by atoms with Crippen molar-refractivity contribution in [3.8, 4) is 0 Å². The zero-order valence-electron chi connectivity index (χ0n) is 5.81. The number of hydrogen-bond donors (Lipinski definition) is 1. The van der Waals surface area contributed by atoms with E-state index in [0.717, 1.165) is 0 Å². The van der Waals surface area contributed by atoms with Gasteiger partial charge in [-0.25, -0.2) is 4.18 Å². The van der Waals surface area contributed by atoms with Crippen molar-refractivity contribution >= 4 is 10.4 Å². The van der Waals surface area contributed by atoms with E-state index in [-0.39, 0.29) is 6.61 Å². The molecule has 11 heavy (non-hydrogen) atoms. The van der Waals surface area contributed by atoms with Crippen LogP contribution in [-0.2, 0) is 23.5 Å². The van der Waals surface area contributed by atoms with Crippen molar-refractivity contribution in [3.05, 3.63) is 0 Å². The molecule has 1 heterocycles. The van der Waals surface area contributed by atoms with Crippen molar-refractivity contribution in [1.29, 1.82) is 0 Å². The molecule has 1 rings (SSSR count). The fourth-order valence-corrected chi connectivity index (χ4v) is 1.40. The normalized spacial score (nSPS) is 35.8. The second-order valence-electron chi connectivity index (χ2n) is 1.90. The van der Waals surface area contributed by atoms with Crippen molar-refractivity contribution in [2.75, 3.05) is 13.2 Å². The van der Waals surface area contributed by atoms with Gasteiger partial charge >= 0.3 is 16.4 Å². The molecule has 7 heteroatoms. The molecule has 0 radical (unpaired) electrons. The summed E-state index contributed by atoms with van der Waals surface area (Å²) in [5.74, 6) is -2.13. The summed E-state index contributed by atoms with van der Waals surface area (Å²) >= 11 is 0. The molecule has 0 spiro atoms. The lowest BCUT2D eigenvalue weighted by molar-refractivity contribution is -0.306. The lowest BCUT2D eigenvalue weighted by Crippen LogP contribution is -2.34. The van der Waals surface area contributed by atoms with Crippen molar-refractivity contribution in [1.82, 2.24) is 0 Å². The molecule has 1 saturated heterocycles. The fraction of sp³-hybridized carbons (Fsp3) is 1.00. The lowest BCUT2D eigenvalue weighted by Gasteiger charge is -2.15. The van der Waals surface area contributed by atoms with Gasteiger partial charge < -0.3 is 9.84 Å². The highest BCUT2D eigenvalue weighted by Gasteiger charge is 2.44. The van der Waals surface area contributed by atoms with Crippen LogP contribution in [0.2, 0.25) is 0 Å². The lowest BCUT2D eigenvalue weighted by atomic mass is 10.6. The summed E-state index contributed by atoms with van der Waals surface area (Å²) in [5, 5.41) is 9.08. The van der Waals surface area contributed by atoms with E-state index in [1.165, 1.54) is 0 Å². The van der Waals surface area contributed by atoms with Gasteiger partial charge in [-0.1, -0.05) is 0 Å². The van der Waals surface area contributed by atoms with Crippen molar-refractivity contribution < 1.29 is 26.6 Å². The third-order valence-electron chi connectivity index (χ3n) is 0.988. The summed E-state index contributed by atoms with van der Waals surface area (Å²) in [6.45, 7) is 1.20. The Hall–Kier alpha value is -0.210. The first-order valence-corrected chi connectivity index (χ1v) is 4.27. The van der Waals surface area contributed by atoms with Crippen LogP contribution in [-0.4, -0.2) is 32.7 Å². The van der Waals surface area contributed by atoms with Crippen LogP contribution < -0.4 is 0 Å². The van der Waals surface area contributed by atoms with Gasteiger partial charge in [0, 0.05) is 6.61 Å². The highest BCUT2D eigenvalue weighted by molar-refractivity contribution is 7.82. The molecule has 0 aromatic carbocycles. The number of ether oxygens (including phenoxy) is 1. The second-order valence-corrected chi connectivity index (χ2v) is 3.12. The average Bonchev–Trinajstić information content (AvgIpc) is 2.07. The molecular formula is C4H8O6S. The zero-order chi connectivity index (χ0) is 8.54. The Balaban J connectivity index is 2.65. The molecule has 1 unspecified atom stereocenters. The predicted octanol–water partition coefficient (Wildman–Crippen LogP) is -1.04. The summed E-state index contributed by atoms with van der Waals surface area (Å²) in [6, 6.07) is 0. The minimum atomic E-state index is -4.05. The average molecular weight is 184 g/mol. The molecular weight excluding hydrogens is 176 g/mol. The zero-order valence-corrected chi connectivity index (χ0v) is 6.63. The van der Waals surface area contributed by atoms with Gasteiger partial charge in [-0.3, -0.25) is 0 Å². The smallest absolute Gasteiger partial charge is 0.341 e. The largest absolute Gasteiger partial charge is 0.404 e.